The van der Waals surface area contributed by atoms with Gasteiger partial charge in [-0.05, 0) is 55.0 Å². The van der Waals surface area contributed by atoms with Crippen molar-refractivity contribution >= 4 is 22.7 Å². The lowest BCUT2D eigenvalue weighted by atomic mass is 10.0. The van der Waals surface area contributed by atoms with Crippen LogP contribution in [-0.2, 0) is 12.8 Å². The van der Waals surface area contributed by atoms with Gasteiger partial charge in [0.15, 0.2) is 0 Å². The Morgan fingerprint density at radius 3 is 2.13 bits per heavy atom. The third-order valence-corrected chi connectivity index (χ3v) is 7.23. The third kappa shape index (κ3) is 7.37. The highest BCUT2D eigenvalue weighted by Gasteiger charge is 2.06. The molecule has 4 aromatic rings. The molecule has 0 aromatic carbocycles. The van der Waals surface area contributed by atoms with Crippen LogP contribution in [0.2, 0.25) is 0 Å². The molecule has 4 aromatic heterocycles. The van der Waals surface area contributed by atoms with E-state index in [1.54, 1.807) is 12.4 Å². The molecule has 0 N–H and O–H groups in total. The van der Waals surface area contributed by atoms with Crippen LogP contribution in [0.15, 0.2) is 67.4 Å². The quantitative estimate of drug-likeness (QED) is 0.289. The van der Waals surface area contributed by atoms with Crippen LogP contribution in [0.3, 0.4) is 0 Å². The largest absolute Gasteiger partial charge is 0.264 e. The molecular weight excluding hydrogens is 418 g/mol. The lowest BCUT2D eigenvalue weighted by Crippen LogP contribution is -1.94. The molecule has 0 fully saturated rings. The first kappa shape index (κ1) is 23.3. The van der Waals surface area contributed by atoms with Crippen molar-refractivity contribution in [2.75, 3.05) is 0 Å². The average Bonchev–Trinajstić information content (AvgIpc) is 3.45. The standard InChI is InChI=1S/C14H17NS.C12H14N2S/c1-3-11(2)9-13-6-7-14(16-13)12-5-4-8-15-10-12;1-9(2)7-10-3-4-12(15-10)11-8-13-5-6-14-11/h4-8,10-11H,3,9H2,1-2H3;3-6,8-9H,7H2,1-2H3. The van der Waals surface area contributed by atoms with Crippen LogP contribution in [-0.4, -0.2) is 15.0 Å². The van der Waals surface area contributed by atoms with Crippen LogP contribution in [0.4, 0.5) is 0 Å². The molecule has 0 amide bonds. The maximum absolute atomic E-state index is 4.29. The minimum absolute atomic E-state index is 0.707. The Kier molecular flexibility index (Phi) is 8.92. The molecule has 0 radical (unpaired) electrons. The van der Waals surface area contributed by atoms with Crippen molar-refractivity contribution in [2.45, 2.75) is 47.0 Å². The van der Waals surface area contributed by atoms with Crippen molar-refractivity contribution in [3.8, 4) is 21.0 Å². The summed E-state index contributed by atoms with van der Waals surface area (Å²) in [6, 6.07) is 12.9. The van der Waals surface area contributed by atoms with E-state index in [0.29, 0.717) is 5.92 Å². The van der Waals surface area contributed by atoms with E-state index in [9.17, 15) is 0 Å². The maximum Gasteiger partial charge on any atom is 0.0984 e. The first-order valence-corrected chi connectivity index (χ1v) is 12.5. The number of nitrogens with zero attached hydrogens (tertiary/aromatic N) is 3. The molecule has 1 unspecified atom stereocenters. The second kappa shape index (κ2) is 11.9. The second-order valence-electron chi connectivity index (χ2n) is 8.18. The second-order valence-corrected chi connectivity index (χ2v) is 10.5. The number of aromatic nitrogens is 3. The van der Waals surface area contributed by atoms with Crippen molar-refractivity contribution in [3.63, 3.8) is 0 Å². The van der Waals surface area contributed by atoms with E-state index in [-0.39, 0.29) is 0 Å². The summed E-state index contributed by atoms with van der Waals surface area (Å²) in [6.07, 6.45) is 12.6. The molecule has 0 saturated carbocycles. The molecule has 0 aliphatic heterocycles. The van der Waals surface area contributed by atoms with Gasteiger partial charge >= 0.3 is 0 Å². The number of rotatable bonds is 7. The molecule has 31 heavy (non-hydrogen) atoms. The summed E-state index contributed by atoms with van der Waals surface area (Å²) >= 11 is 3.70. The van der Waals surface area contributed by atoms with Gasteiger partial charge in [-0.15, -0.1) is 22.7 Å². The summed E-state index contributed by atoms with van der Waals surface area (Å²) < 4.78 is 0. The molecular formula is C26H31N3S2. The van der Waals surface area contributed by atoms with Crippen LogP contribution < -0.4 is 0 Å². The van der Waals surface area contributed by atoms with Gasteiger partial charge < -0.3 is 0 Å². The Hall–Kier alpha value is -2.37. The van der Waals surface area contributed by atoms with E-state index >= 15 is 0 Å². The predicted octanol–water partition coefficient (Wildman–Crippen LogP) is 7.80. The van der Waals surface area contributed by atoms with Crippen molar-refractivity contribution in [1.82, 2.24) is 15.0 Å². The third-order valence-electron chi connectivity index (χ3n) is 4.94. The van der Waals surface area contributed by atoms with Gasteiger partial charge in [0.1, 0.15) is 0 Å². The predicted molar refractivity (Wildman–Crippen MR) is 135 cm³/mol. The fraction of sp³-hybridized carbons (Fsp3) is 0.346. The fourth-order valence-electron chi connectivity index (χ4n) is 3.09. The van der Waals surface area contributed by atoms with Crippen LogP contribution in [0.5, 0.6) is 0 Å². The zero-order valence-corrected chi connectivity index (χ0v) is 20.4. The van der Waals surface area contributed by atoms with Crippen molar-refractivity contribution in [2.24, 2.45) is 11.8 Å². The maximum atomic E-state index is 4.29. The lowest BCUT2D eigenvalue weighted by molar-refractivity contribution is 0.565. The molecule has 4 heterocycles. The van der Waals surface area contributed by atoms with Crippen molar-refractivity contribution in [1.29, 1.82) is 0 Å². The van der Waals surface area contributed by atoms with Crippen LogP contribution >= 0.6 is 22.7 Å². The molecule has 5 heteroatoms. The summed E-state index contributed by atoms with van der Waals surface area (Å²) in [5.74, 6) is 1.48. The topological polar surface area (TPSA) is 38.7 Å². The molecule has 162 valence electrons. The van der Waals surface area contributed by atoms with Gasteiger partial charge in [-0.2, -0.15) is 0 Å². The minimum atomic E-state index is 0.707. The Bertz CT molecular complexity index is 1020. The number of hydrogen-bond acceptors (Lipinski definition) is 5. The van der Waals surface area contributed by atoms with E-state index in [0.717, 1.165) is 18.0 Å². The first-order valence-electron chi connectivity index (χ1n) is 10.9. The van der Waals surface area contributed by atoms with Gasteiger partial charge in [-0.25, -0.2) is 0 Å². The molecule has 0 bridgehead atoms. The number of hydrogen-bond donors (Lipinski definition) is 0. The molecule has 1 atom stereocenters. The fourth-order valence-corrected chi connectivity index (χ4v) is 5.44. The van der Waals surface area contributed by atoms with E-state index in [1.807, 2.05) is 47.3 Å². The van der Waals surface area contributed by atoms with Gasteiger partial charge in [0.25, 0.3) is 0 Å². The van der Waals surface area contributed by atoms with Crippen molar-refractivity contribution in [3.05, 3.63) is 77.1 Å². The number of pyridine rings is 1. The van der Waals surface area contributed by atoms with Gasteiger partial charge in [0.05, 0.1) is 16.8 Å². The molecule has 0 spiro atoms. The monoisotopic (exact) mass is 449 g/mol. The van der Waals surface area contributed by atoms with E-state index < -0.39 is 0 Å². The highest BCUT2D eigenvalue weighted by Crippen LogP contribution is 2.29. The normalized spacial score (nSPS) is 11.8. The number of thiophene rings is 2. The van der Waals surface area contributed by atoms with Gasteiger partial charge in [0.2, 0.25) is 0 Å². The van der Waals surface area contributed by atoms with E-state index in [1.165, 1.54) is 37.9 Å². The summed E-state index contributed by atoms with van der Waals surface area (Å²) in [5.41, 5.74) is 2.19. The Morgan fingerprint density at radius 1 is 0.774 bits per heavy atom. The summed E-state index contributed by atoms with van der Waals surface area (Å²) in [7, 11) is 0. The molecule has 0 aliphatic carbocycles. The van der Waals surface area contributed by atoms with E-state index in [2.05, 4.69) is 73.0 Å². The van der Waals surface area contributed by atoms with Crippen LogP contribution in [0, 0.1) is 11.8 Å². The molecule has 0 aliphatic rings. The Morgan fingerprint density at radius 2 is 1.48 bits per heavy atom. The summed E-state index contributed by atoms with van der Waals surface area (Å²) in [4.78, 5) is 18.0. The van der Waals surface area contributed by atoms with Gasteiger partial charge in [-0.1, -0.05) is 40.2 Å². The summed E-state index contributed by atoms with van der Waals surface area (Å²) in [5, 5.41) is 0. The molecule has 4 rings (SSSR count). The zero-order chi connectivity index (χ0) is 22.1. The summed E-state index contributed by atoms with van der Waals surface area (Å²) in [6.45, 7) is 9.03. The highest BCUT2D eigenvalue weighted by molar-refractivity contribution is 7.15. The smallest absolute Gasteiger partial charge is 0.0984 e. The Balaban J connectivity index is 0.000000176. The zero-order valence-electron chi connectivity index (χ0n) is 18.8. The Labute approximate surface area is 194 Å². The average molecular weight is 450 g/mol. The SMILES string of the molecule is CC(C)Cc1ccc(-c2cnccn2)s1.CCC(C)Cc1ccc(-c2cccnc2)s1. The molecule has 3 nitrogen and oxygen atoms in total. The van der Waals surface area contributed by atoms with Gasteiger partial charge in [0, 0.05) is 45.0 Å². The van der Waals surface area contributed by atoms with Gasteiger partial charge in [-0.3, -0.25) is 15.0 Å². The van der Waals surface area contributed by atoms with Crippen LogP contribution in [0.25, 0.3) is 21.0 Å². The van der Waals surface area contributed by atoms with E-state index in [4.69, 9.17) is 0 Å². The minimum Gasteiger partial charge on any atom is -0.264 e. The van der Waals surface area contributed by atoms with Crippen LogP contribution in [0.1, 0.15) is 43.9 Å². The first-order chi connectivity index (χ1) is 15.0. The van der Waals surface area contributed by atoms with Crippen molar-refractivity contribution < 1.29 is 0 Å². The molecule has 0 saturated heterocycles. The lowest BCUT2D eigenvalue weighted by Gasteiger charge is -2.04. The highest BCUT2D eigenvalue weighted by atomic mass is 32.1.